The Kier molecular flexibility index (Phi) is 13.9. The SMILES string of the molecule is CC.CCSCCC(=O)N(C)CC. The summed E-state index contributed by atoms with van der Waals surface area (Å²) in [5.74, 6) is 2.32. The van der Waals surface area contributed by atoms with E-state index >= 15 is 0 Å². The molecule has 0 saturated heterocycles. The first kappa shape index (κ1) is 15.3. The van der Waals surface area contributed by atoms with E-state index in [9.17, 15) is 4.79 Å². The maximum Gasteiger partial charge on any atom is 0.223 e. The van der Waals surface area contributed by atoms with Crippen molar-refractivity contribution in [2.75, 3.05) is 25.1 Å². The molecule has 13 heavy (non-hydrogen) atoms. The van der Waals surface area contributed by atoms with E-state index in [-0.39, 0.29) is 5.91 Å². The molecule has 0 heterocycles. The van der Waals surface area contributed by atoms with Crippen molar-refractivity contribution in [3.63, 3.8) is 0 Å². The van der Waals surface area contributed by atoms with Gasteiger partial charge in [0.1, 0.15) is 0 Å². The Balaban J connectivity index is 0. The minimum absolute atomic E-state index is 0.258. The predicted octanol–water partition coefficient (Wildman–Crippen LogP) is 2.63. The molecular weight excluding hydrogens is 182 g/mol. The van der Waals surface area contributed by atoms with E-state index < -0.39 is 0 Å². The fourth-order valence-corrected chi connectivity index (χ4v) is 1.28. The van der Waals surface area contributed by atoms with Gasteiger partial charge in [0.25, 0.3) is 0 Å². The van der Waals surface area contributed by atoms with Gasteiger partial charge in [-0.15, -0.1) is 0 Å². The molecule has 3 heteroatoms. The van der Waals surface area contributed by atoms with Crippen LogP contribution >= 0.6 is 11.8 Å². The van der Waals surface area contributed by atoms with Gasteiger partial charge >= 0.3 is 0 Å². The third-order valence-corrected chi connectivity index (χ3v) is 2.47. The Morgan fingerprint density at radius 2 is 1.85 bits per heavy atom. The van der Waals surface area contributed by atoms with Crippen molar-refractivity contribution in [2.45, 2.75) is 34.1 Å². The first-order chi connectivity index (χ1) is 6.22. The van der Waals surface area contributed by atoms with E-state index in [2.05, 4.69) is 6.92 Å². The van der Waals surface area contributed by atoms with Gasteiger partial charge in [-0.2, -0.15) is 11.8 Å². The number of hydrogen-bond donors (Lipinski definition) is 0. The fourth-order valence-electron chi connectivity index (χ4n) is 0.671. The summed E-state index contributed by atoms with van der Waals surface area (Å²) in [6.07, 6.45) is 0.683. The third kappa shape index (κ3) is 9.74. The van der Waals surface area contributed by atoms with Crippen molar-refractivity contribution in [3.8, 4) is 0 Å². The molecule has 0 aromatic heterocycles. The van der Waals surface area contributed by atoms with E-state index in [1.165, 1.54) is 0 Å². The molecule has 0 aliphatic rings. The monoisotopic (exact) mass is 205 g/mol. The van der Waals surface area contributed by atoms with Crippen LogP contribution in [0.25, 0.3) is 0 Å². The molecule has 0 spiro atoms. The lowest BCUT2D eigenvalue weighted by molar-refractivity contribution is -0.129. The Morgan fingerprint density at radius 3 is 2.23 bits per heavy atom. The smallest absolute Gasteiger partial charge is 0.223 e. The predicted molar refractivity (Wildman–Crippen MR) is 62.3 cm³/mol. The molecule has 0 aliphatic carbocycles. The quantitative estimate of drug-likeness (QED) is 0.643. The normalized spacial score (nSPS) is 8.69. The van der Waals surface area contributed by atoms with Crippen molar-refractivity contribution in [1.29, 1.82) is 0 Å². The molecule has 0 aromatic carbocycles. The zero-order chi connectivity index (χ0) is 10.7. The first-order valence-electron chi connectivity index (χ1n) is 5.04. The van der Waals surface area contributed by atoms with Crippen LogP contribution in [0.15, 0.2) is 0 Å². The van der Waals surface area contributed by atoms with Gasteiger partial charge in [-0.05, 0) is 12.7 Å². The van der Waals surface area contributed by atoms with Crippen LogP contribution < -0.4 is 0 Å². The van der Waals surface area contributed by atoms with E-state index in [0.29, 0.717) is 6.42 Å². The van der Waals surface area contributed by atoms with Gasteiger partial charge in [0.05, 0.1) is 0 Å². The molecular formula is C10H23NOS. The summed E-state index contributed by atoms with van der Waals surface area (Å²) in [4.78, 5) is 12.9. The third-order valence-electron chi connectivity index (χ3n) is 1.56. The molecule has 0 aromatic rings. The standard InChI is InChI=1S/C8H17NOS.C2H6/c1-4-9(3)8(10)6-7-11-5-2;1-2/h4-7H2,1-3H3;1-2H3. The molecule has 0 saturated carbocycles. The van der Waals surface area contributed by atoms with Crippen molar-refractivity contribution >= 4 is 17.7 Å². The molecule has 0 bridgehead atoms. The van der Waals surface area contributed by atoms with Crippen molar-refractivity contribution < 1.29 is 4.79 Å². The molecule has 0 rings (SSSR count). The van der Waals surface area contributed by atoms with Crippen LogP contribution in [0.1, 0.15) is 34.1 Å². The molecule has 0 unspecified atom stereocenters. The summed E-state index contributed by atoms with van der Waals surface area (Å²) >= 11 is 1.82. The molecule has 0 N–H and O–H groups in total. The molecule has 0 fully saturated rings. The van der Waals surface area contributed by atoms with Gasteiger partial charge in [-0.3, -0.25) is 4.79 Å². The summed E-state index contributed by atoms with van der Waals surface area (Å²) in [5, 5.41) is 0. The van der Waals surface area contributed by atoms with Gasteiger partial charge in [-0.1, -0.05) is 20.8 Å². The highest BCUT2D eigenvalue weighted by Gasteiger charge is 2.04. The van der Waals surface area contributed by atoms with Crippen molar-refractivity contribution in [1.82, 2.24) is 4.90 Å². The molecule has 0 aliphatic heterocycles. The molecule has 0 radical (unpaired) electrons. The second kappa shape index (κ2) is 11.8. The lowest BCUT2D eigenvalue weighted by Gasteiger charge is -2.13. The van der Waals surface area contributed by atoms with E-state index in [1.54, 1.807) is 4.90 Å². The van der Waals surface area contributed by atoms with Gasteiger partial charge in [0.2, 0.25) is 5.91 Å². The Bertz CT molecular complexity index is 117. The number of carbonyl (C=O) groups excluding carboxylic acids is 1. The van der Waals surface area contributed by atoms with Crippen LogP contribution in [0.3, 0.4) is 0 Å². The largest absolute Gasteiger partial charge is 0.346 e. The van der Waals surface area contributed by atoms with Gasteiger partial charge in [-0.25, -0.2) is 0 Å². The summed E-state index contributed by atoms with van der Waals surface area (Å²) in [7, 11) is 1.85. The van der Waals surface area contributed by atoms with Gasteiger partial charge in [0, 0.05) is 25.8 Å². The van der Waals surface area contributed by atoms with E-state index in [4.69, 9.17) is 0 Å². The lowest BCUT2D eigenvalue weighted by Crippen LogP contribution is -2.26. The first-order valence-corrected chi connectivity index (χ1v) is 6.19. The highest BCUT2D eigenvalue weighted by molar-refractivity contribution is 7.99. The summed E-state index contributed by atoms with van der Waals surface area (Å²) in [5.41, 5.74) is 0. The number of rotatable bonds is 5. The highest BCUT2D eigenvalue weighted by atomic mass is 32.2. The molecule has 0 atom stereocenters. The maximum absolute atomic E-state index is 11.2. The topological polar surface area (TPSA) is 20.3 Å². The molecule has 2 nitrogen and oxygen atoms in total. The van der Waals surface area contributed by atoms with Crippen LogP contribution in [-0.4, -0.2) is 35.9 Å². The minimum atomic E-state index is 0.258. The molecule has 1 amide bonds. The summed E-state index contributed by atoms with van der Waals surface area (Å²) in [6.45, 7) is 8.92. The Labute approximate surface area is 87.1 Å². The maximum atomic E-state index is 11.2. The van der Waals surface area contributed by atoms with Gasteiger partial charge in [0.15, 0.2) is 0 Å². The van der Waals surface area contributed by atoms with Crippen LogP contribution in [0.2, 0.25) is 0 Å². The number of amides is 1. The summed E-state index contributed by atoms with van der Waals surface area (Å²) < 4.78 is 0. The average molecular weight is 205 g/mol. The fraction of sp³-hybridized carbons (Fsp3) is 0.900. The number of nitrogens with zero attached hydrogens (tertiary/aromatic N) is 1. The Hall–Kier alpha value is -0.180. The van der Waals surface area contributed by atoms with Crippen LogP contribution in [0.5, 0.6) is 0 Å². The van der Waals surface area contributed by atoms with Crippen LogP contribution in [0, 0.1) is 0 Å². The lowest BCUT2D eigenvalue weighted by atomic mass is 10.4. The zero-order valence-electron chi connectivity index (χ0n) is 9.59. The van der Waals surface area contributed by atoms with Crippen LogP contribution in [0.4, 0.5) is 0 Å². The number of carbonyl (C=O) groups is 1. The average Bonchev–Trinajstić information content (AvgIpc) is 2.20. The van der Waals surface area contributed by atoms with E-state index in [0.717, 1.165) is 18.1 Å². The minimum Gasteiger partial charge on any atom is -0.346 e. The summed E-state index contributed by atoms with van der Waals surface area (Å²) in [6, 6.07) is 0. The molecule has 80 valence electrons. The second-order valence-corrected chi connectivity index (χ2v) is 3.75. The highest BCUT2D eigenvalue weighted by Crippen LogP contribution is 2.02. The van der Waals surface area contributed by atoms with Gasteiger partial charge < -0.3 is 4.90 Å². The second-order valence-electron chi connectivity index (χ2n) is 2.35. The number of thioether (sulfide) groups is 1. The van der Waals surface area contributed by atoms with Crippen molar-refractivity contribution in [3.05, 3.63) is 0 Å². The number of hydrogen-bond acceptors (Lipinski definition) is 2. The Morgan fingerprint density at radius 1 is 1.31 bits per heavy atom. The zero-order valence-corrected chi connectivity index (χ0v) is 10.4. The van der Waals surface area contributed by atoms with Crippen molar-refractivity contribution in [2.24, 2.45) is 0 Å². The van der Waals surface area contributed by atoms with Crippen LogP contribution in [-0.2, 0) is 4.79 Å². The van der Waals surface area contributed by atoms with E-state index in [1.807, 2.05) is 39.6 Å².